The third-order valence-electron chi connectivity index (χ3n) is 8.39. The Morgan fingerprint density at radius 2 is 1.77 bits per heavy atom. The molecule has 0 saturated carbocycles. The molecule has 2 aliphatic heterocycles. The van der Waals surface area contributed by atoms with E-state index in [9.17, 15) is 13.2 Å². The number of nitrogens with one attached hydrogen (secondary N) is 1. The second-order valence-electron chi connectivity index (χ2n) is 13.3. The van der Waals surface area contributed by atoms with Gasteiger partial charge in [-0.2, -0.15) is 8.42 Å². The van der Waals surface area contributed by atoms with Crippen molar-refractivity contribution in [2.45, 2.75) is 77.8 Å². The van der Waals surface area contributed by atoms with Crippen molar-refractivity contribution >= 4 is 27.6 Å². The monoisotopic (exact) mass is 609 g/mol. The van der Waals surface area contributed by atoms with Crippen molar-refractivity contribution < 1.29 is 17.9 Å². The standard InChI is InChI=1S/C31H43N7O4S/c1-22-15-19-37(31(22,5)6)28-23(13-14-25(33-28)38-20-16-26(34-38)42-21-30(2,3)4)29(39)35-43(40,41)27-12-10-11-24(32-27)36-17-8-7-9-18-36/h10-14,16,20,22H,7-9,15,17-19,21H2,1-6H3,(H,35,39). The Morgan fingerprint density at radius 1 is 1.02 bits per heavy atom. The summed E-state index contributed by atoms with van der Waals surface area (Å²) in [5.74, 6) is 1.54. The summed E-state index contributed by atoms with van der Waals surface area (Å²) in [4.78, 5) is 27.1. The molecular formula is C31H43N7O4S. The molecule has 232 valence electrons. The lowest BCUT2D eigenvalue weighted by molar-refractivity contribution is 0.0981. The van der Waals surface area contributed by atoms with Gasteiger partial charge in [0.25, 0.3) is 15.9 Å². The average Bonchev–Trinajstić information content (AvgIpc) is 3.55. The molecule has 43 heavy (non-hydrogen) atoms. The van der Waals surface area contributed by atoms with Crippen molar-refractivity contribution in [3.8, 4) is 11.7 Å². The minimum absolute atomic E-state index is 0.0209. The van der Waals surface area contributed by atoms with Crippen LogP contribution in [0.15, 0.2) is 47.6 Å². The highest BCUT2D eigenvalue weighted by molar-refractivity contribution is 7.90. The molecule has 0 radical (unpaired) electrons. The lowest BCUT2D eigenvalue weighted by Crippen LogP contribution is -2.44. The molecule has 1 atom stereocenters. The molecule has 11 nitrogen and oxygen atoms in total. The highest BCUT2D eigenvalue weighted by atomic mass is 32.2. The van der Waals surface area contributed by atoms with Crippen LogP contribution < -0.4 is 19.3 Å². The lowest BCUT2D eigenvalue weighted by Gasteiger charge is -2.36. The minimum atomic E-state index is -4.24. The van der Waals surface area contributed by atoms with Crippen molar-refractivity contribution in [1.82, 2.24) is 24.5 Å². The van der Waals surface area contributed by atoms with Crippen LogP contribution in [0.4, 0.5) is 11.6 Å². The van der Waals surface area contributed by atoms with Gasteiger partial charge in [0.15, 0.2) is 10.8 Å². The zero-order valence-corrected chi connectivity index (χ0v) is 26.8. The first kappa shape index (κ1) is 30.8. The first-order valence-corrected chi connectivity index (χ1v) is 16.5. The molecule has 2 saturated heterocycles. The number of pyridine rings is 2. The van der Waals surface area contributed by atoms with Crippen molar-refractivity contribution in [2.24, 2.45) is 11.3 Å². The SMILES string of the molecule is CC1CCN(c2nc(-n3ccc(OCC(C)(C)C)n3)ccc2C(=O)NS(=O)(=O)c2cccc(N3CCCCC3)n2)C1(C)C. The Morgan fingerprint density at radius 3 is 2.44 bits per heavy atom. The third kappa shape index (κ3) is 6.79. The van der Waals surface area contributed by atoms with Crippen LogP contribution in [0.2, 0.25) is 0 Å². The Bertz CT molecular complexity index is 1570. The summed E-state index contributed by atoms with van der Waals surface area (Å²) in [6, 6.07) is 9.92. The van der Waals surface area contributed by atoms with Crippen LogP contribution in [-0.2, 0) is 10.0 Å². The predicted octanol–water partition coefficient (Wildman–Crippen LogP) is 4.82. The molecule has 5 rings (SSSR count). The molecule has 1 N–H and O–H groups in total. The summed E-state index contributed by atoms with van der Waals surface area (Å²) in [7, 11) is -4.24. The zero-order valence-electron chi connectivity index (χ0n) is 26.0. The van der Waals surface area contributed by atoms with Gasteiger partial charge in [0.05, 0.1) is 12.2 Å². The van der Waals surface area contributed by atoms with E-state index in [-0.39, 0.29) is 21.5 Å². The van der Waals surface area contributed by atoms with E-state index in [1.165, 1.54) is 6.07 Å². The van der Waals surface area contributed by atoms with Crippen molar-refractivity contribution in [2.75, 3.05) is 36.0 Å². The van der Waals surface area contributed by atoms with Gasteiger partial charge in [-0.3, -0.25) is 4.79 Å². The maximum atomic E-state index is 13.7. The molecule has 0 bridgehead atoms. The van der Waals surface area contributed by atoms with Gasteiger partial charge in [-0.1, -0.05) is 33.8 Å². The molecule has 3 aromatic heterocycles. The van der Waals surface area contributed by atoms with Crippen LogP contribution in [0.5, 0.6) is 5.88 Å². The van der Waals surface area contributed by atoms with Crippen LogP contribution >= 0.6 is 0 Å². The number of hydrogen-bond acceptors (Lipinski definition) is 9. The summed E-state index contributed by atoms with van der Waals surface area (Å²) in [5.41, 5.74) is -0.167. The van der Waals surface area contributed by atoms with E-state index in [1.807, 2.05) is 0 Å². The highest BCUT2D eigenvalue weighted by Crippen LogP contribution is 2.39. The Hall–Kier alpha value is -3.67. The fourth-order valence-corrected chi connectivity index (χ4v) is 6.37. The van der Waals surface area contributed by atoms with Gasteiger partial charge in [0.1, 0.15) is 11.6 Å². The maximum absolute atomic E-state index is 13.7. The molecule has 5 heterocycles. The second-order valence-corrected chi connectivity index (χ2v) is 14.9. The first-order valence-electron chi connectivity index (χ1n) is 15.0. The van der Waals surface area contributed by atoms with E-state index in [0.29, 0.717) is 42.4 Å². The van der Waals surface area contributed by atoms with E-state index < -0.39 is 15.9 Å². The first-order chi connectivity index (χ1) is 20.2. The molecule has 0 aromatic carbocycles. The van der Waals surface area contributed by atoms with Gasteiger partial charge in [-0.15, -0.1) is 5.10 Å². The number of piperidine rings is 1. The Kier molecular flexibility index (Phi) is 8.43. The number of ether oxygens (including phenoxy) is 1. The number of carbonyl (C=O) groups excluding carboxylic acids is 1. The molecule has 0 aliphatic carbocycles. The highest BCUT2D eigenvalue weighted by Gasteiger charge is 2.41. The number of anilines is 2. The number of sulfonamides is 1. The van der Waals surface area contributed by atoms with E-state index in [2.05, 4.69) is 66.1 Å². The number of carbonyl (C=O) groups is 1. The number of rotatable bonds is 8. The predicted molar refractivity (Wildman–Crippen MR) is 166 cm³/mol. The van der Waals surface area contributed by atoms with Crippen molar-refractivity contribution in [3.05, 3.63) is 48.2 Å². The average molecular weight is 610 g/mol. The zero-order chi connectivity index (χ0) is 31.0. The largest absolute Gasteiger partial charge is 0.476 e. The summed E-state index contributed by atoms with van der Waals surface area (Å²) in [6.45, 7) is 15.5. The molecular weight excluding hydrogens is 566 g/mol. The normalized spacial score (nSPS) is 19.0. The summed E-state index contributed by atoms with van der Waals surface area (Å²) in [5, 5.41) is 4.34. The smallest absolute Gasteiger partial charge is 0.281 e. The topological polar surface area (TPSA) is 123 Å². The number of hydrogen-bond donors (Lipinski definition) is 1. The van der Waals surface area contributed by atoms with Crippen LogP contribution in [0, 0.1) is 11.3 Å². The Balaban J connectivity index is 1.45. The van der Waals surface area contributed by atoms with E-state index in [0.717, 1.165) is 38.8 Å². The fourth-order valence-electron chi connectivity index (χ4n) is 5.44. The fraction of sp³-hybridized carbons (Fsp3) is 0.548. The van der Waals surface area contributed by atoms with Gasteiger partial charge >= 0.3 is 0 Å². The molecule has 3 aromatic rings. The van der Waals surface area contributed by atoms with Crippen LogP contribution in [0.3, 0.4) is 0 Å². The lowest BCUT2D eigenvalue weighted by atomic mass is 9.90. The van der Waals surface area contributed by atoms with Crippen molar-refractivity contribution in [3.63, 3.8) is 0 Å². The molecule has 0 spiro atoms. The number of nitrogens with zero attached hydrogens (tertiary/aromatic N) is 6. The van der Waals surface area contributed by atoms with Crippen LogP contribution in [-0.4, -0.2) is 65.9 Å². The van der Waals surface area contributed by atoms with Gasteiger partial charge in [0.2, 0.25) is 5.88 Å². The van der Waals surface area contributed by atoms with E-state index in [1.54, 1.807) is 41.2 Å². The molecule has 1 amide bonds. The van der Waals surface area contributed by atoms with Crippen molar-refractivity contribution in [1.29, 1.82) is 0 Å². The van der Waals surface area contributed by atoms with Crippen LogP contribution in [0.1, 0.15) is 77.6 Å². The van der Waals surface area contributed by atoms with E-state index in [4.69, 9.17) is 9.72 Å². The van der Waals surface area contributed by atoms with Gasteiger partial charge in [-0.05, 0) is 75.1 Å². The Labute approximate surface area is 254 Å². The summed E-state index contributed by atoms with van der Waals surface area (Å²) < 4.78 is 36.5. The molecule has 2 aliphatic rings. The summed E-state index contributed by atoms with van der Waals surface area (Å²) >= 11 is 0. The van der Waals surface area contributed by atoms with Gasteiger partial charge < -0.3 is 14.5 Å². The van der Waals surface area contributed by atoms with E-state index >= 15 is 0 Å². The number of aromatic nitrogens is 4. The van der Waals surface area contributed by atoms with Gasteiger partial charge in [0, 0.05) is 37.4 Å². The molecule has 2 fully saturated rings. The minimum Gasteiger partial charge on any atom is -0.476 e. The molecule has 1 unspecified atom stereocenters. The third-order valence-corrected chi connectivity index (χ3v) is 9.62. The summed E-state index contributed by atoms with van der Waals surface area (Å²) in [6.07, 6.45) is 5.90. The second kappa shape index (κ2) is 11.8. The van der Waals surface area contributed by atoms with Crippen LogP contribution in [0.25, 0.3) is 5.82 Å². The molecule has 12 heteroatoms. The quantitative estimate of drug-likeness (QED) is 0.383. The maximum Gasteiger partial charge on any atom is 0.281 e. The van der Waals surface area contributed by atoms with Gasteiger partial charge in [-0.25, -0.2) is 19.4 Å². The number of amides is 1.